The largest absolute Gasteiger partial charge is 0.503 e. The first-order valence-corrected chi connectivity index (χ1v) is 2.53. The molecule has 3 nitrogen and oxygen atoms in total. The Morgan fingerprint density at radius 1 is 1.42 bits per heavy atom. The van der Waals surface area contributed by atoms with Crippen LogP contribution < -0.4 is 0 Å². The molecule has 0 aromatic rings. The van der Waals surface area contributed by atoms with Crippen LogP contribution in [0.4, 0.5) is 22.4 Å². The van der Waals surface area contributed by atoms with Crippen LogP contribution in [-0.2, 0) is 0 Å². The Morgan fingerprint density at radius 3 is 1.83 bits per heavy atom. The van der Waals surface area contributed by atoms with Crippen molar-refractivity contribution in [2.45, 2.75) is 6.43 Å². The van der Waals surface area contributed by atoms with Crippen LogP contribution in [0, 0.1) is 0 Å². The Balaban J connectivity index is 0. The number of alkyl halides is 3. The number of hydrogen-bond acceptors (Lipinski definition) is 1. The van der Waals surface area contributed by atoms with Gasteiger partial charge in [0.15, 0.2) is 5.83 Å². The molecule has 0 aromatic carbocycles. The van der Waals surface area contributed by atoms with Crippen molar-refractivity contribution in [1.82, 2.24) is 0 Å². The zero-order valence-electron chi connectivity index (χ0n) is 5.68. The van der Waals surface area contributed by atoms with Crippen molar-refractivity contribution in [1.29, 1.82) is 0 Å². The number of carboxylic acid groups (broad SMARTS) is 2. The van der Waals surface area contributed by atoms with Gasteiger partial charge in [-0.15, -0.1) is 0 Å². The summed E-state index contributed by atoms with van der Waals surface area (Å²) in [6, 6.07) is 0. The molecule has 12 heavy (non-hydrogen) atoms. The van der Waals surface area contributed by atoms with Gasteiger partial charge in [0.05, 0.1) is 0 Å². The van der Waals surface area contributed by atoms with Crippen molar-refractivity contribution < 1.29 is 32.6 Å². The van der Waals surface area contributed by atoms with Gasteiger partial charge in [-0.05, 0) is 6.08 Å². The molecule has 0 saturated heterocycles. The zero-order valence-corrected chi connectivity index (χ0v) is 5.68. The molecule has 0 aromatic heterocycles. The predicted octanol–water partition coefficient (Wildman–Crippen LogP) is 2.30. The molecule has 0 saturated carbocycles. The number of rotatable bonds is 2. The molecule has 7 heteroatoms. The van der Waals surface area contributed by atoms with Crippen molar-refractivity contribution in [3.05, 3.63) is 11.9 Å². The van der Waals surface area contributed by atoms with E-state index in [0.717, 1.165) is 0 Å². The van der Waals surface area contributed by atoms with E-state index in [1.165, 1.54) is 0 Å². The fourth-order valence-electron chi connectivity index (χ4n) is 0.163. The number of allylic oxidation sites excluding steroid dienone is 2. The van der Waals surface area contributed by atoms with Crippen molar-refractivity contribution >= 4 is 6.16 Å². The van der Waals surface area contributed by atoms with Gasteiger partial charge in [0.2, 0.25) is 0 Å². The monoisotopic (exact) mass is 190 g/mol. The maximum atomic E-state index is 11.4. The summed E-state index contributed by atoms with van der Waals surface area (Å²) < 4.78 is 44.4. The summed E-state index contributed by atoms with van der Waals surface area (Å²) >= 11 is 0. The van der Waals surface area contributed by atoms with Crippen LogP contribution in [0.25, 0.3) is 0 Å². The lowest BCUT2D eigenvalue weighted by atomic mass is 10.5. The first-order valence-electron chi connectivity index (χ1n) is 2.53. The minimum absolute atomic E-state index is 0.199. The highest BCUT2D eigenvalue weighted by Gasteiger charge is 2.07. The van der Waals surface area contributed by atoms with E-state index in [-0.39, 0.29) is 6.08 Å². The van der Waals surface area contributed by atoms with Crippen molar-refractivity contribution in [2.75, 3.05) is 6.67 Å². The standard InChI is InChI=1S/C4H4F4.CH2O3/c5-2-1-3(6)4(7)8;2-1(3)4/h1,4H,2H2;(H2,2,3,4). The van der Waals surface area contributed by atoms with E-state index in [1.807, 2.05) is 0 Å². The second kappa shape index (κ2) is 7.83. The zero-order chi connectivity index (χ0) is 10.1. The van der Waals surface area contributed by atoms with Crippen LogP contribution in [0.15, 0.2) is 11.9 Å². The molecule has 0 radical (unpaired) electrons. The maximum absolute atomic E-state index is 11.4. The molecule has 0 bridgehead atoms. The third-order valence-corrected chi connectivity index (χ3v) is 0.481. The van der Waals surface area contributed by atoms with Gasteiger partial charge in [0.1, 0.15) is 6.67 Å². The average Bonchev–Trinajstić information content (AvgIpc) is 1.86. The first-order chi connectivity index (χ1) is 5.41. The summed E-state index contributed by atoms with van der Waals surface area (Å²) in [4.78, 5) is 8.56. The van der Waals surface area contributed by atoms with Gasteiger partial charge < -0.3 is 10.2 Å². The summed E-state index contributed by atoms with van der Waals surface area (Å²) in [5.74, 6) is -1.70. The fourth-order valence-corrected chi connectivity index (χ4v) is 0.163. The fraction of sp³-hybridized carbons (Fsp3) is 0.400. The molecule has 0 fully saturated rings. The Kier molecular flexibility index (Phi) is 8.70. The normalized spacial score (nSPS) is 10.6. The topological polar surface area (TPSA) is 57.5 Å². The number of carbonyl (C=O) groups is 1. The van der Waals surface area contributed by atoms with Gasteiger partial charge in [0.25, 0.3) is 6.43 Å². The summed E-state index contributed by atoms with van der Waals surface area (Å²) in [7, 11) is 0. The van der Waals surface area contributed by atoms with Crippen molar-refractivity contribution in [3.63, 3.8) is 0 Å². The summed E-state index contributed by atoms with van der Waals surface area (Å²) in [6.07, 6.45) is -4.81. The number of halogens is 4. The quantitative estimate of drug-likeness (QED) is 0.656. The Hall–Kier alpha value is -1.27. The van der Waals surface area contributed by atoms with Crippen LogP contribution in [-0.4, -0.2) is 29.5 Å². The molecule has 72 valence electrons. The van der Waals surface area contributed by atoms with Gasteiger partial charge in [0, 0.05) is 0 Å². The van der Waals surface area contributed by atoms with Crippen molar-refractivity contribution in [2.24, 2.45) is 0 Å². The second-order valence-corrected chi connectivity index (χ2v) is 1.33. The maximum Gasteiger partial charge on any atom is 0.503 e. The minimum Gasteiger partial charge on any atom is -0.450 e. The van der Waals surface area contributed by atoms with Crippen LogP contribution in [0.1, 0.15) is 0 Å². The minimum atomic E-state index is -3.18. The predicted molar refractivity (Wildman–Crippen MR) is 31.8 cm³/mol. The SMILES string of the molecule is FCC=C(F)C(F)F.O=C(O)O. The van der Waals surface area contributed by atoms with Gasteiger partial charge >= 0.3 is 6.16 Å². The van der Waals surface area contributed by atoms with Gasteiger partial charge in [-0.25, -0.2) is 22.4 Å². The molecule has 0 heterocycles. The van der Waals surface area contributed by atoms with E-state index < -0.39 is 25.1 Å². The molecular weight excluding hydrogens is 184 g/mol. The molecule has 2 N–H and O–H groups in total. The summed E-state index contributed by atoms with van der Waals surface area (Å²) in [6.45, 7) is -1.18. The molecule has 0 rings (SSSR count). The summed E-state index contributed by atoms with van der Waals surface area (Å²) in [5, 5.41) is 13.9. The Morgan fingerprint density at radius 2 is 1.75 bits per heavy atom. The van der Waals surface area contributed by atoms with Gasteiger partial charge in [-0.3, -0.25) is 0 Å². The second-order valence-electron chi connectivity index (χ2n) is 1.33. The van der Waals surface area contributed by atoms with Crippen LogP contribution in [0.2, 0.25) is 0 Å². The Bertz CT molecular complexity index is 153. The molecule has 0 atom stereocenters. The summed E-state index contributed by atoms with van der Waals surface area (Å²) in [5.41, 5.74) is 0. The van der Waals surface area contributed by atoms with Gasteiger partial charge in [-0.2, -0.15) is 0 Å². The smallest absolute Gasteiger partial charge is 0.450 e. The lowest BCUT2D eigenvalue weighted by molar-refractivity contribution is 0.137. The third-order valence-electron chi connectivity index (χ3n) is 0.481. The average molecular weight is 190 g/mol. The molecule has 0 aliphatic heterocycles. The van der Waals surface area contributed by atoms with E-state index in [9.17, 15) is 17.6 Å². The van der Waals surface area contributed by atoms with E-state index in [2.05, 4.69) is 0 Å². The number of hydrogen-bond donors (Lipinski definition) is 2. The lowest BCUT2D eigenvalue weighted by Gasteiger charge is -1.88. The van der Waals surface area contributed by atoms with E-state index in [4.69, 9.17) is 15.0 Å². The Labute approximate surface area is 64.9 Å². The molecule has 0 aliphatic carbocycles. The molecule has 0 aliphatic rings. The highest BCUT2D eigenvalue weighted by molar-refractivity contribution is 5.53. The third kappa shape index (κ3) is 15.9. The molecular formula is C5H6F4O3. The van der Waals surface area contributed by atoms with E-state index in [1.54, 1.807) is 0 Å². The van der Waals surface area contributed by atoms with Crippen LogP contribution >= 0.6 is 0 Å². The molecule has 0 amide bonds. The van der Waals surface area contributed by atoms with Gasteiger partial charge in [-0.1, -0.05) is 0 Å². The molecule has 0 spiro atoms. The highest BCUT2D eigenvalue weighted by atomic mass is 19.3. The highest BCUT2D eigenvalue weighted by Crippen LogP contribution is 2.08. The first kappa shape index (κ1) is 13.3. The van der Waals surface area contributed by atoms with Crippen LogP contribution in [0.3, 0.4) is 0 Å². The van der Waals surface area contributed by atoms with Crippen LogP contribution in [0.5, 0.6) is 0 Å². The van der Waals surface area contributed by atoms with E-state index in [0.29, 0.717) is 0 Å². The van der Waals surface area contributed by atoms with Crippen molar-refractivity contribution in [3.8, 4) is 0 Å². The lowest BCUT2D eigenvalue weighted by Crippen LogP contribution is -1.89. The van der Waals surface area contributed by atoms with E-state index >= 15 is 0 Å². The molecule has 0 unspecified atom stereocenters.